The number of non-ortho nitro benzene ring substituents is 1. The zero-order chi connectivity index (χ0) is 15.5. The van der Waals surface area contributed by atoms with Gasteiger partial charge >= 0.3 is 0 Å². The van der Waals surface area contributed by atoms with Crippen LogP contribution in [-0.4, -0.2) is 11.7 Å². The third-order valence-electron chi connectivity index (χ3n) is 3.25. The van der Waals surface area contributed by atoms with E-state index in [1.807, 2.05) is 24.3 Å². The Morgan fingerprint density at radius 2 is 2.05 bits per heavy atom. The van der Waals surface area contributed by atoms with Crippen molar-refractivity contribution in [2.24, 2.45) is 0 Å². The number of nitro benzene ring substituents is 1. The van der Waals surface area contributed by atoms with Crippen LogP contribution in [0.2, 0.25) is 0 Å². The van der Waals surface area contributed by atoms with E-state index in [9.17, 15) is 10.1 Å². The number of hydrogen-bond acceptors (Lipinski definition) is 6. The Morgan fingerprint density at radius 1 is 1.23 bits per heavy atom. The summed E-state index contributed by atoms with van der Waals surface area (Å²) in [5.41, 5.74) is 1.62. The summed E-state index contributed by atoms with van der Waals surface area (Å²) in [7, 11) is 0. The standard InChI is InChI=1S/C15H11N3O4/c16-7-11-6-12(18(19)20)2-3-13(11)17-8-10-1-4-14-15(5-10)22-9-21-14/h1-6,17H,8-9H2. The highest BCUT2D eigenvalue weighted by Gasteiger charge is 2.14. The van der Waals surface area contributed by atoms with Crippen molar-refractivity contribution in [1.82, 2.24) is 0 Å². The number of benzene rings is 2. The summed E-state index contributed by atoms with van der Waals surface area (Å²) in [6.45, 7) is 0.677. The second kappa shape index (κ2) is 5.61. The fourth-order valence-corrected chi connectivity index (χ4v) is 2.14. The minimum atomic E-state index is -0.525. The van der Waals surface area contributed by atoms with Gasteiger partial charge in [-0.05, 0) is 23.8 Å². The van der Waals surface area contributed by atoms with Gasteiger partial charge in [0.15, 0.2) is 11.5 Å². The highest BCUT2D eigenvalue weighted by Crippen LogP contribution is 2.32. The molecule has 110 valence electrons. The van der Waals surface area contributed by atoms with Crippen molar-refractivity contribution in [3.63, 3.8) is 0 Å². The van der Waals surface area contributed by atoms with Crippen LogP contribution in [0.3, 0.4) is 0 Å². The first-order valence-corrected chi connectivity index (χ1v) is 6.48. The number of nitro groups is 1. The van der Waals surface area contributed by atoms with E-state index in [0.717, 1.165) is 5.56 Å². The van der Waals surface area contributed by atoms with Crippen LogP contribution in [0, 0.1) is 21.4 Å². The largest absolute Gasteiger partial charge is 0.454 e. The van der Waals surface area contributed by atoms with Crippen molar-refractivity contribution in [2.45, 2.75) is 6.54 Å². The Morgan fingerprint density at radius 3 is 2.82 bits per heavy atom. The van der Waals surface area contributed by atoms with Crippen LogP contribution in [0.5, 0.6) is 11.5 Å². The van der Waals surface area contributed by atoms with Crippen molar-refractivity contribution >= 4 is 11.4 Å². The van der Waals surface area contributed by atoms with E-state index in [1.165, 1.54) is 18.2 Å². The summed E-state index contributed by atoms with van der Waals surface area (Å²) in [5, 5.41) is 22.9. The quantitative estimate of drug-likeness (QED) is 0.688. The number of nitrogens with zero attached hydrogens (tertiary/aromatic N) is 2. The number of hydrogen-bond donors (Lipinski definition) is 1. The number of fused-ring (bicyclic) bond motifs is 1. The molecule has 1 aliphatic rings. The number of rotatable bonds is 4. The predicted molar refractivity (Wildman–Crippen MR) is 77.7 cm³/mol. The predicted octanol–water partition coefficient (Wildman–Crippen LogP) is 2.81. The van der Waals surface area contributed by atoms with Gasteiger partial charge in [0.1, 0.15) is 6.07 Å². The van der Waals surface area contributed by atoms with E-state index in [1.54, 1.807) is 0 Å². The fourth-order valence-electron chi connectivity index (χ4n) is 2.14. The van der Waals surface area contributed by atoms with E-state index < -0.39 is 4.92 Å². The fraction of sp³-hybridized carbons (Fsp3) is 0.133. The monoisotopic (exact) mass is 297 g/mol. The second-order valence-corrected chi connectivity index (χ2v) is 4.64. The Kier molecular flexibility index (Phi) is 3.50. The molecule has 0 aliphatic carbocycles. The third kappa shape index (κ3) is 2.62. The van der Waals surface area contributed by atoms with Gasteiger partial charge in [-0.1, -0.05) is 6.07 Å². The Balaban J connectivity index is 1.76. The number of anilines is 1. The first kappa shape index (κ1) is 13.7. The minimum Gasteiger partial charge on any atom is -0.454 e. The van der Waals surface area contributed by atoms with Gasteiger partial charge in [0.25, 0.3) is 5.69 Å². The van der Waals surface area contributed by atoms with E-state index in [4.69, 9.17) is 14.7 Å². The third-order valence-corrected chi connectivity index (χ3v) is 3.25. The number of ether oxygens (including phenoxy) is 2. The lowest BCUT2D eigenvalue weighted by atomic mass is 10.1. The first-order chi connectivity index (χ1) is 10.7. The molecule has 2 aromatic rings. The van der Waals surface area contributed by atoms with Crippen LogP contribution in [-0.2, 0) is 6.54 Å². The van der Waals surface area contributed by atoms with Crippen LogP contribution in [0.1, 0.15) is 11.1 Å². The van der Waals surface area contributed by atoms with Gasteiger partial charge in [0.2, 0.25) is 6.79 Å². The molecule has 0 amide bonds. The van der Waals surface area contributed by atoms with Gasteiger partial charge in [-0.3, -0.25) is 10.1 Å². The average Bonchev–Trinajstić information content (AvgIpc) is 3.00. The van der Waals surface area contributed by atoms with Gasteiger partial charge in [-0.25, -0.2) is 0 Å². The molecule has 0 fully saturated rings. The molecule has 0 saturated heterocycles. The molecule has 0 atom stereocenters. The molecule has 7 nitrogen and oxygen atoms in total. The molecule has 0 bridgehead atoms. The van der Waals surface area contributed by atoms with Crippen molar-refractivity contribution in [1.29, 1.82) is 5.26 Å². The highest BCUT2D eigenvalue weighted by atomic mass is 16.7. The molecule has 0 radical (unpaired) electrons. The van der Waals surface area contributed by atoms with Gasteiger partial charge in [0, 0.05) is 18.7 Å². The summed E-state index contributed by atoms with van der Waals surface area (Å²) in [5.74, 6) is 1.39. The lowest BCUT2D eigenvalue weighted by Gasteiger charge is -2.08. The zero-order valence-corrected chi connectivity index (χ0v) is 11.4. The molecule has 1 aliphatic heterocycles. The summed E-state index contributed by atoms with van der Waals surface area (Å²) in [4.78, 5) is 10.2. The smallest absolute Gasteiger partial charge is 0.270 e. The van der Waals surface area contributed by atoms with Crippen molar-refractivity contribution in [3.05, 3.63) is 57.6 Å². The first-order valence-electron chi connectivity index (χ1n) is 6.48. The van der Waals surface area contributed by atoms with Crippen molar-refractivity contribution < 1.29 is 14.4 Å². The maximum atomic E-state index is 10.7. The molecule has 0 saturated carbocycles. The van der Waals surface area contributed by atoms with Gasteiger partial charge < -0.3 is 14.8 Å². The van der Waals surface area contributed by atoms with Gasteiger partial charge in [0.05, 0.1) is 16.2 Å². The normalized spacial score (nSPS) is 11.8. The summed E-state index contributed by atoms with van der Waals surface area (Å²) >= 11 is 0. The van der Waals surface area contributed by atoms with Crippen molar-refractivity contribution in [3.8, 4) is 17.6 Å². The van der Waals surface area contributed by atoms with E-state index in [0.29, 0.717) is 23.7 Å². The van der Waals surface area contributed by atoms with Crippen LogP contribution in [0.25, 0.3) is 0 Å². The molecule has 22 heavy (non-hydrogen) atoms. The summed E-state index contributed by atoms with van der Waals surface area (Å²) in [6, 6.07) is 11.7. The molecule has 1 heterocycles. The molecule has 1 N–H and O–H groups in total. The minimum absolute atomic E-state index is 0.106. The zero-order valence-electron chi connectivity index (χ0n) is 11.4. The molecule has 3 rings (SSSR count). The van der Waals surface area contributed by atoms with Crippen LogP contribution in [0.15, 0.2) is 36.4 Å². The Labute approximate surface area is 125 Å². The SMILES string of the molecule is N#Cc1cc([N+](=O)[O-])ccc1NCc1ccc2c(c1)OCO2. The maximum absolute atomic E-state index is 10.7. The summed E-state index contributed by atoms with van der Waals surface area (Å²) < 4.78 is 10.5. The van der Waals surface area contributed by atoms with Crippen LogP contribution < -0.4 is 14.8 Å². The molecule has 7 heteroatoms. The maximum Gasteiger partial charge on any atom is 0.270 e. The number of nitrogens with one attached hydrogen (secondary N) is 1. The van der Waals surface area contributed by atoms with Gasteiger partial charge in [-0.15, -0.1) is 0 Å². The number of nitriles is 1. The van der Waals surface area contributed by atoms with E-state index >= 15 is 0 Å². The molecule has 0 unspecified atom stereocenters. The molecular formula is C15H11N3O4. The average molecular weight is 297 g/mol. The Hall–Kier alpha value is -3.27. The highest BCUT2D eigenvalue weighted by molar-refractivity contribution is 5.61. The topological polar surface area (TPSA) is 97.4 Å². The lowest BCUT2D eigenvalue weighted by Crippen LogP contribution is -2.02. The van der Waals surface area contributed by atoms with Crippen molar-refractivity contribution in [2.75, 3.05) is 12.1 Å². The molecule has 0 spiro atoms. The molecular weight excluding hydrogens is 286 g/mol. The molecule has 2 aromatic carbocycles. The van der Waals surface area contributed by atoms with Gasteiger partial charge in [-0.2, -0.15) is 5.26 Å². The Bertz CT molecular complexity index is 783. The second-order valence-electron chi connectivity index (χ2n) is 4.64. The van der Waals surface area contributed by atoms with E-state index in [-0.39, 0.29) is 18.0 Å². The lowest BCUT2D eigenvalue weighted by molar-refractivity contribution is -0.384. The van der Waals surface area contributed by atoms with E-state index in [2.05, 4.69) is 5.32 Å². The summed E-state index contributed by atoms with van der Waals surface area (Å²) in [6.07, 6.45) is 0. The van der Waals surface area contributed by atoms with Crippen LogP contribution >= 0.6 is 0 Å². The van der Waals surface area contributed by atoms with Crippen LogP contribution in [0.4, 0.5) is 11.4 Å². The molecule has 0 aromatic heterocycles.